The number of nitrogens with one attached hydrogen (secondary N) is 1. The van der Waals surface area contributed by atoms with E-state index in [9.17, 15) is 9.59 Å². The lowest BCUT2D eigenvalue weighted by atomic mass is 10.1. The van der Waals surface area contributed by atoms with E-state index in [2.05, 4.69) is 5.32 Å². The molecule has 0 heterocycles. The molecule has 0 atom stereocenters. The zero-order valence-electron chi connectivity index (χ0n) is 13.0. The molecule has 0 aliphatic rings. The molecule has 2 rings (SSSR count). The van der Waals surface area contributed by atoms with Crippen LogP contribution in [0.3, 0.4) is 0 Å². The number of amides is 1. The molecule has 5 nitrogen and oxygen atoms in total. The number of rotatable bonds is 7. The Bertz CT molecular complexity index is 638. The third-order valence-electron chi connectivity index (χ3n) is 3.06. The Morgan fingerprint density at radius 3 is 2.22 bits per heavy atom. The fraction of sp³-hybridized carbons (Fsp3) is 0.222. The second-order valence-corrected chi connectivity index (χ2v) is 4.79. The molecule has 2 aromatic carbocycles. The van der Waals surface area contributed by atoms with E-state index >= 15 is 0 Å². The van der Waals surface area contributed by atoms with Crippen LogP contribution in [0.15, 0.2) is 54.6 Å². The SMILES string of the molecule is CCOCC(=O)OCC(=O)Nc1ccc(-c2ccccc2)cc1. The van der Waals surface area contributed by atoms with Gasteiger partial charge in [0, 0.05) is 12.3 Å². The van der Waals surface area contributed by atoms with Crippen molar-refractivity contribution in [1.82, 2.24) is 0 Å². The standard InChI is InChI=1S/C18H19NO4/c1-2-22-13-18(21)23-12-17(20)19-16-10-8-15(9-11-16)14-6-4-3-5-7-14/h3-11H,2,12-13H2,1H3,(H,19,20). The minimum absolute atomic E-state index is 0.143. The summed E-state index contributed by atoms with van der Waals surface area (Å²) in [4.78, 5) is 22.9. The lowest BCUT2D eigenvalue weighted by molar-refractivity contribution is -0.151. The molecular weight excluding hydrogens is 294 g/mol. The minimum Gasteiger partial charge on any atom is -0.454 e. The van der Waals surface area contributed by atoms with Gasteiger partial charge in [0.2, 0.25) is 0 Å². The minimum atomic E-state index is -0.554. The zero-order valence-corrected chi connectivity index (χ0v) is 13.0. The quantitative estimate of drug-likeness (QED) is 0.798. The van der Waals surface area contributed by atoms with Crippen molar-refractivity contribution in [3.8, 4) is 11.1 Å². The van der Waals surface area contributed by atoms with Gasteiger partial charge in [-0.15, -0.1) is 0 Å². The van der Waals surface area contributed by atoms with Crippen molar-refractivity contribution in [2.45, 2.75) is 6.92 Å². The third-order valence-corrected chi connectivity index (χ3v) is 3.06. The lowest BCUT2D eigenvalue weighted by Crippen LogP contribution is -2.22. The van der Waals surface area contributed by atoms with Gasteiger partial charge in [-0.3, -0.25) is 4.79 Å². The first-order chi connectivity index (χ1) is 11.2. The molecule has 0 bridgehead atoms. The monoisotopic (exact) mass is 313 g/mol. The molecule has 1 amide bonds. The smallest absolute Gasteiger partial charge is 0.332 e. The molecule has 0 aliphatic carbocycles. The highest BCUT2D eigenvalue weighted by atomic mass is 16.6. The van der Waals surface area contributed by atoms with Gasteiger partial charge in [-0.25, -0.2) is 4.79 Å². The molecule has 0 aromatic heterocycles. The molecule has 0 spiro atoms. The maximum absolute atomic E-state index is 11.7. The molecule has 0 radical (unpaired) electrons. The number of hydrogen-bond acceptors (Lipinski definition) is 4. The van der Waals surface area contributed by atoms with Gasteiger partial charge in [-0.2, -0.15) is 0 Å². The average molecular weight is 313 g/mol. The first kappa shape index (κ1) is 16.7. The van der Waals surface area contributed by atoms with E-state index in [1.165, 1.54) is 0 Å². The zero-order chi connectivity index (χ0) is 16.5. The Hall–Kier alpha value is -2.66. The molecule has 0 aliphatic heterocycles. The maximum atomic E-state index is 11.7. The van der Waals surface area contributed by atoms with Crippen molar-refractivity contribution >= 4 is 17.6 Å². The largest absolute Gasteiger partial charge is 0.454 e. The summed E-state index contributed by atoms with van der Waals surface area (Å²) < 4.78 is 9.69. The molecular formula is C18H19NO4. The van der Waals surface area contributed by atoms with E-state index in [0.29, 0.717) is 12.3 Å². The second kappa shape index (κ2) is 8.70. The van der Waals surface area contributed by atoms with Crippen LogP contribution in [-0.4, -0.2) is 31.7 Å². The van der Waals surface area contributed by atoms with Crippen LogP contribution >= 0.6 is 0 Å². The van der Waals surface area contributed by atoms with E-state index in [-0.39, 0.29) is 19.1 Å². The number of benzene rings is 2. The van der Waals surface area contributed by atoms with Crippen LogP contribution in [0.2, 0.25) is 0 Å². The van der Waals surface area contributed by atoms with Crippen LogP contribution in [0.4, 0.5) is 5.69 Å². The van der Waals surface area contributed by atoms with Crippen LogP contribution in [0.5, 0.6) is 0 Å². The molecule has 1 N–H and O–H groups in total. The fourth-order valence-electron chi connectivity index (χ4n) is 1.95. The summed E-state index contributed by atoms with van der Waals surface area (Å²) in [5.41, 5.74) is 2.82. The highest BCUT2D eigenvalue weighted by Gasteiger charge is 2.08. The molecule has 5 heteroatoms. The molecule has 0 fully saturated rings. The number of hydrogen-bond donors (Lipinski definition) is 1. The van der Waals surface area contributed by atoms with E-state index in [4.69, 9.17) is 9.47 Å². The Morgan fingerprint density at radius 2 is 1.57 bits per heavy atom. The van der Waals surface area contributed by atoms with Crippen molar-refractivity contribution in [2.75, 3.05) is 25.1 Å². The Kier molecular flexibility index (Phi) is 6.32. The number of carbonyl (C=O) groups is 2. The predicted molar refractivity (Wildman–Crippen MR) is 88.0 cm³/mol. The third kappa shape index (κ3) is 5.56. The Morgan fingerprint density at radius 1 is 0.913 bits per heavy atom. The van der Waals surface area contributed by atoms with Gasteiger partial charge in [-0.05, 0) is 30.2 Å². The van der Waals surface area contributed by atoms with Crippen LogP contribution in [-0.2, 0) is 19.1 Å². The van der Waals surface area contributed by atoms with Crippen molar-refractivity contribution < 1.29 is 19.1 Å². The summed E-state index contributed by atoms with van der Waals surface area (Å²) in [6.45, 7) is 1.73. The molecule has 0 saturated heterocycles. The lowest BCUT2D eigenvalue weighted by Gasteiger charge is -2.08. The fourth-order valence-corrected chi connectivity index (χ4v) is 1.95. The second-order valence-electron chi connectivity index (χ2n) is 4.79. The summed E-state index contributed by atoms with van der Waals surface area (Å²) in [6, 6.07) is 17.4. The number of ether oxygens (including phenoxy) is 2. The van der Waals surface area contributed by atoms with Gasteiger partial charge in [-0.1, -0.05) is 42.5 Å². The van der Waals surface area contributed by atoms with Crippen LogP contribution in [0.1, 0.15) is 6.92 Å². The Balaban J connectivity index is 1.84. The van der Waals surface area contributed by atoms with Crippen molar-refractivity contribution in [3.63, 3.8) is 0 Å². The van der Waals surface area contributed by atoms with Gasteiger partial charge < -0.3 is 14.8 Å². The van der Waals surface area contributed by atoms with E-state index in [1.54, 1.807) is 6.92 Å². The highest BCUT2D eigenvalue weighted by molar-refractivity contribution is 5.93. The summed E-state index contributed by atoms with van der Waals surface area (Å²) in [7, 11) is 0. The van der Waals surface area contributed by atoms with Gasteiger partial charge in [0.15, 0.2) is 6.61 Å². The first-order valence-corrected chi connectivity index (χ1v) is 7.37. The molecule has 0 unspecified atom stereocenters. The average Bonchev–Trinajstić information content (AvgIpc) is 2.59. The van der Waals surface area contributed by atoms with Gasteiger partial charge >= 0.3 is 5.97 Å². The van der Waals surface area contributed by atoms with Crippen molar-refractivity contribution in [1.29, 1.82) is 0 Å². The summed E-state index contributed by atoms with van der Waals surface area (Å²) in [6.07, 6.45) is 0. The van der Waals surface area contributed by atoms with E-state index in [0.717, 1.165) is 11.1 Å². The molecule has 2 aromatic rings. The maximum Gasteiger partial charge on any atom is 0.332 e. The first-order valence-electron chi connectivity index (χ1n) is 7.37. The molecule has 0 saturated carbocycles. The molecule has 23 heavy (non-hydrogen) atoms. The normalized spacial score (nSPS) is 10.1. The number of carbonyl (C=O) groups excluding carboxylic acids is 2. The number of anilines is 1. The summed E-state index contributed by atoms with van der Waals surface area (Å²) in [5, 5.41) is 2.68. The van der Waals surface area contributed by atoms with Crippen molar-refractivity contribution in [3.05, 3.63) is 54.6 Å². The summed E-state index contributed by atoms with van der Waals surface area (Å²) in [5.74, 6) is -0.941. The van der Waals surface area contributed by atoms with Gasteiger partial charge in [0.1, 0.15) is 6.61 Å². The summed E-state index contributed by atoms with van der Waals surface area (Å²) >= 11 is 0. The van der Waals surface area contributed by atoms with Crippen LogP contribution in [0.25, 0.3) is 11.1 Å². The molecule has 120 valence electrons. The van der Waals surface area contributed by atoms with Crippen molar-refractivity contribution in [2.24, 2.45) is 0 Å². The Labute approximate surface area is 135 Å². The number of esters is 1. The van der Waals surface area contributed by atoms with Gasteiger partial charge in [0.05, 0.1) is 0 Å². The van der Waals surface area contributed by atoms with Gasteiger partial charge in [0.25, 0.3) is 5.91 Å². The van der Waals surface area contributed by atoms with E-state index in [1.807, 2.05) is 54.6 Å². The van der Waals surface area contributed by atoms with E-state index < -0.39 is 5.97 Å². The van der Waals surface area contributed by atoms with Crippen LogP contribution < -0.4 is 5.32 Å². The highest BCUT2D eigenvalue weighted by Crippen LogP contribution is 2.20. The predicted octanol–water partition coefficient (Wildman–Crippen LogP) is 2.87. The topological polar surface area (TPSA) is 64.6 Å². The van der Waals surface area contributed by atoms with Crippen LogP contribution in [0, 0.1) is 0 Å².